The van der Waals surface area contributed by atoms with Crippen molar-refractivity contribution in [1.82, 2.24) is 15.8 Å². The molecule has 0 unspecified atom stereocenters. The number of hydrogen-bond donors (Lipinski definition) is 2. The number of nitrogens with zero attached hydrogens (tertiary/aromatic N) is 1. The van der Waals surface area contributed by atoms with Crippen LogP contribution < -0.4 is 10.7 Å². The number of nitrogens with one attached hydrogen (secondary N) is 2. The average Bonchev–Trinajstić information content (AvgIpc) is 2.62. The summed E-state index contributed by atoms with van der Waals surface area (Å²) >= 11 is 0. The molecule has 1 heterocycles. The van der Waals surface area contributed by atoms with E-state index in [1.807, 2.05) is 36.4 Å². The van der Waals surface area contributed by atoms with Gasteiger partial charge in [0.05, 0.1) is 12.2 Å². The monoisotopic (exact) mass is 327 g/mol. The molecule has 5 heteroatoms. The van der Waals surface area contributed by atoms with Crippen molar-refractivity contribution in [3.8, 4) is 0 Å². The van der Waals surface area contributed by atoms with Gasteiger partial charge < -0.3 is 5.32 Å². The SMILES string of the molecule is O=C(CCN1NC(c2ccccc2)=CCC1=O)NC1CCCCC1. The molecule has 0 radical (unpaired) electrons. The standard InChI is InChI=1S/C19H25N3O2/c23-18(20-16-9-5-2-6-10-16)13-14-22-19(24)12-11-17(21-22)15-7-3-1-4-8-15/h1,3-4,7-8,11,16,21H,2,5-6,9-10,12-14H2,(H,20,23). The summed E-state index contributed by atoms with van der Waals surface area (Å²) < 4.78 is 0. The molecular formula is C19H25N3O2. The Bertz CT molecular complexity index is 606. The maximum absolute atomic E-state index is 12.1. The minimum Gasteiger partial charge on any atom is -0.353 e. The fourth-order valence-corrected chi connectivity index (χ4v) is 3.29. The lowest BCUT2D eigenvalue weighted by atomic mass is 9.95. The lowest BCUT2D eigenvalue weighted by molar-refractivity contribution is -0.133. The van der Waals surface area contributed by atoms with Gasteiger partial charge in [-0.05, 0) is 24.5 Å². The summed E-state index contributed by atoms with van der Waals surface area (Å²) in [5.74, 6) is 0.0347. The molecule has 0 bridgehead atoms. The summed E-state index contributed by atoms with van der Waals surface area (Å²) in [6.07, 6.45) is 8.41. The average molecular weight is 327 g/mol. The molecule has 2 aliphatic rings. The fraction of sp³-hybridized carbons (Fsp3) is 0.474. The third-order valence-corrected chi connectivity index (χ3v) is 4.65. The summed E-state index contributed by atoms with van der Waals surface area (Å²) in [5.41, 5.74) is 5.11. The molecule has 1 fully saturated rings. The number of hydrogen-bond acceptors (Lipinski definition) is 3. The van der Waals surface area contributed by atoms with E-state index in [-0.39, 0.29) is 11.8 Å². The van der Waals surface area contributed by atoms with Crippen LogP contribution in [0.4, 0.5) is 0 Å². The zero-order valence-electron chi connectivity index (χ0n) is 14.0. The molecule has 1 aliphatic carbocycles. The summed E-state index contributed by atoms with van der Waals surface area (Å²) in [7, 11) is 0. The van der Waals surface area contributed by atoms with Crippen molar-refractivity contribution >= 4 is 17.5 Å². The van der Waals surface area contributed by atoms with E-state index in [2.05, 4.69) is 10.7 Å². The van der Waals surface area contributed by atoms with Crippen molar-refractivity contribution in [2.45, 2.75) is 51.0 Å². The van der Waals surface area contributed by atoms with Gasteiger partial charge in [0.2, 0.25) is 11.8 Å². The highest BCUT2D eigenvalue weighted by Gasteiger charge is 2.21. The fourth-order valence-electron chi connectivity index (χ4n) is 3.29. The highest BCUT2D eigenvalue weighted by atomic mass is 16.2. The van der Waals surface area contributed by atoms with E-state index in [1.54, 1.807) is 5.01 Å². The molecule has 0 saturated heterocycles. The van der Waals surface area contributed by atoms with Gasteiger partial charge in [0.1, 0.15) is 0 Å². The highest BCUT2D eigenvalue weighted by Crippen LogP contribution is 2.18. The number of benzene rings is 1. The topological polar surface area (TPSA) is 61.4 Å². The maximum atomic E-state index is 12.1. The molecule has 0 aromatic heterocycles. The van der Waals surface area contributed by atoms with Crippen LogP contribution in [0.3, 0.4) is 0 Å². The number of carbonyl (C=O) groups excluding carboxylic acids is 2. The lowest BCUT2D eigenvalue weighted by Gasteiger charge is -2.29. The third kappa shape index (κ3) is 4.37. The zero-order chi connectivity index (χ0) is 16.8. The maximum Gasteiger partial charge on any atom is 0.244 e. The Kier molecular flexibility index (Phi) is 5.51. The predicted octanol–water partition coefficient (Wildman–Crippen LogP) is 2.60. The van der Waals surface area contributed by atoms with Crippen molar-refractivity contribution in [2.24, 2.45) is 0 Å². The molecule has 24 heavy (non-hydrogen) atoms. The molecule has 2 N–H and O–H groups in total. The van der Waals surface area contributed by atoms with Crippen LogP contribution in [0.1, 0.15) is 50.5 Å². The van der Waals surface area contributed by atoms with E-state index >= 15 is 0 Å². The van der Waals surface area contributed by atoms with Crippen LogP contribution in [0.5, 0.6) is 0 Å². The number of carbonyl (C=O) groups is 2. The van der Waals surface area contributed by atoms with Crippen LogP contribution >= 0.6 is 0 Å². The molecule has 1 saturated carbocycles. The molecule has 128 valence electrons. The zero-order valence-corrected chi connectivity index (χ0v) is 14.0. The van der Waals surface area contributed by atoms with Crippen LogP contribution in [0.25, 0.3) is 5.70 Å². The van der Waals surface area contributed by atoms with Gasteiger partial charge >= 0.3 is 0 Å². The summed E-state index contributed by atoms with van der Waals surface area (Å²) in [6.45, 7) is 0.390. The van der Waals surface area contributed by atoms with Crippen molar-refractivity contribution in [3.05, 3.63) is 42.0 Å². The van der Waals surface area contributed by atoms with Gasteiger partial charge in [-0.15, -0.1) is 0 Å². The minimum absolute atomic E-state index is 0.000137. The van der Waals surface area contributed by atoms with Gasteiger partial charge in [-0.3, -0.25) is 20.0 Å². The van der Waals surface area contributed by atoms with Crippen LogP contribution in [-0.2, 0) is 9.59 Å². The van der Waals surface area contributed by atoms with Gasteiger partial charge in [-0.2, -0.15) is 0 Å². The third-order valence-electron chi connectivity index (χ3n) is 4.65. The number of hydrazine groups is 1. The first-order valence-electron chi connectivity index (χ1n) is 8.84. The Morgan fingerprint density at radius 1 is 1.17 bits per heavy atom. The molecule has 1 aromatic rings. The first-order valence-corrected chi connectivity index (χ1v) is 8.84. The van der Waals surface area contributed by atoms with Crippen molar-refractivity contribution in [1.29, 1.82) is 0 Å². The quantitative estimate of drug-likeness (QED) is 0.874. The van der Waals surface area contributed by atoms with Crippen LogP contribution in [-0.4, -0.2) is 29.4 Å². The summed E-state index contributed by atoms with van der Waals surface area (Å²) in [6, 6.07) is 10.2. The smallest absolute Gasteiger partial charge is 0.244 e. The number of amides is 2. The largest absolute Gasteiger partial charge is 0.353 e. The molecule has 2 amide bonds. The molecule has 3 rings (SSSR count). The van der Waals surface area contributed by atoms with E-state index in [1.165, 1.54) is 19.3 Å². The molecule has 5 nitrogen and oxygen atoms in total. The van der Waals surface area contributed by atoms with E-state index < -0.39 is 0 Å². The molecule has 1 aromatic carbocycles. The van der Waals surface area contributed by atoms with Gasteiger partial charge in [-0.25, -0.2) is 0 Å². The molecule has 0 spiro atoms. The molecular weight excluding hydrogens is 302 g/mol. The molecule has 0 atom stereocenters. The summed E-state index contributed by atoms with van der Waals surface area (Å²) in [4.78, 5) is 24.2. The molecule has 1 aliphatic heterocycles. The second kappa shape index (κ2) is 7.99. The van der Waals surface area contributed by atoms with Crippen molar-refractivity contribution in [3.63, 3.8) is 0 Å². The summed E-state index contributed by atoms with van der Waals surface area (Å²) in [5, 5.41) is 4.66. The van der Waals surface area contributed by atoms with Crippen molar-refractivity contribution in [2.75, 3.05) is 6.54 Å². The minimum atomic E-state index is 0.000137. The van der Waals surface area contributed by atoms with Crippen molar-refractivity contribution < 1.29 is 9.59 Å². The van der Waals surface area contributed by atoms with E-state index in [0.717, 1.165) is 24.1 Å². The van der Waals surface area contributed by atoms with Gasteiger partial charge in [-0.1, -0.05) is 49.6 Å². The highest BCUT2D eigenvalue weighted by molar-refractivity contribution is 5.84. The van der Waals surface area contributed by atoms with Crippen LogP contribution in [0, 0.1) is 0 Å². The lowest BCUT2D eigenvalue weighted by Crippen LogP contribution is -2.46. The van der Waals surface area contributed by atoms with Crippen LogP contribution in [0.15, 0.2) is 36.4 Å². The predicted molar refractivity (Wildman–Crippen MR) is 93.5 cm³/mol. The normalized spacial score (nSPS) is 18.8. The Morgan fingerprint density at radius 3 is 2.67 bits per heavy atom. The Hall–Kier alpha value is -2.30. The second-order valence-corrected chi connectivity index (χ2v) is 6.50. The van der Waals surface area contributed by atoms with Gasteiger partial charge in [0, 0.05) is 18.9 Å². The van der Waals surface area contributed by atoms with Crippen LogP contribution in [0.2, 0.25) is 0 Å². The Labute approximate surface area is 143 Å². The van der Waals surface area contributed by atoms with E-state index in [0.29, 0.717) is 25.4 Å². The first-order chi connectivity index (χ1) is 11.7. The number of rotatable bonds is 5. The Morgan fingerprint density at radius 2 is 1.92 bits per heavy atom. The van der Waals surface area contributed by atoms with E-state index in [9.17, 15) is 9.59 Å². The van der Waals surface area contributed by atoms with Gasteiger partial charge in [0.25, 0.3) is 0 Å². The van der Waals surface area contributed by atoms with E-state index in [4.69, 9.17) is 0 Å². The Balaban J connectivity index is 1.50. The first kappa shape index (κ1) is 16.6. The van der Waals surface area contributed by atoms with Gasteiger partial charge in [0.15, 0.2) is 0 Å². The second-order valence-electron chi connectivity index (χ2n) is 6.50.